The van der Waals surface area contributed by atoms with Gasteiger partial charge in [0.25, 0.3) is 0 Å². The minimum atomic E-state index is -0.496. The van der Waals surface area contributed by atoms with Crippen LogP contribution in [0.5, 0.6) is 0 Å². The third kappa shape index (κ3) is 2.31. The van der Waals surface area contributed by atoms with E-state index >= 15 is 0 Å². The molecule has 76 valence electrons. The van der Waals surface area contributed by atoms with Gasteiger partial charge in [0.15, 0.2) is 5.82 Å². The number of hydrogen-bond acceptors (Lipinski definition) is 5. The largest absolute Gasteiger partial charge is 0.399 e. The highest BCUT2D eigenvalue weighted by Crippen LogP contribution is 2.15. The highest BCUT2D eigenvalue weighted by molar-refractivity contribution is 5.60. The summed E-state index contributed by atoms with van der Waals surface area (Å²) in [5.74, 6) is 0.379. The van der Waals surface area contributed by atoms with Crippen LogP contribution in [0.4, 0.5) is 17.2 Å². The van der Waals surface area contributed by atoms with Gasteiger partial charge in [-0.05, 0) is 18.2 Å². The maximum absolute atomic E-state index is 10.9. The van der Waals surface area contributed by atoms with Crippen molar-refractivity contribution < 1.29 is 0 Å². The highest BCUT2D eigenvalue weighted by Gasteiger charge is 1.97. The third-order valence-corrected chi connectivity index (χ3v) is 1.73. The number of hydrogen-bond donors (Lipinski definition) is 3. The second-order valence-electron chi connectivity index (χ2n) is 2.92. The molecule has 0 amide bonds. The first-order valence-electron chi connectivity index (χ1n) is 4.28. The molecule has 1 heterocycles. The average Bonchev–Trinajstić information content (AvgIpc) is 2.17. The molecular weight excluding hydrogens is 194 g/mol. The molecule has 0 aliphatic carbocycles. The van der Waals surface area contributed by atoms with E-state index in [0.717, 1.165) is 5.69 Å². The van der Waals surface area contributed by atoms with Crippen molar-refractivity contribution >= 4 is 17.2 Å². The van der Waals surface area contributed by atoms with Gasteiger partial charge in [0.1, 0.15) is 0 Å². The van der Waals surface area contributed by atoms with E-state index in [0.29, 0.717) is 11.5 Å². The summed E-state index contributed by atoms with van der Waals surface area (Å²) in [5.41, 5.74) is 6.50. The Morgan fingerprint density at radius 3 is 3.00 bits per heavy atom. The Morgan fingerprint density at radius 2 is 2.27 bits per heavy atom. The van der Waals surface area contributed by atoms with Gasteiger partial charge in [-0.25, -0.2) is 9.89 Å². The lowest BCUT2D eigenvalue weighted by atomic mass is 10.3. The molecule has 15 heavy (non-hydrogen) atoms. The number of nitrogen functional groups attached to an aromatic ring is 1. The third-order valence-electron chi connectivity index (χ3n) is 1.73. The molecule has 6 nitrogen and oxygen atoms in total. The fourth-order valence-corrected chi connectivity index (χ4v) is 1.14. The molecule has 0 atom stereocenters. The van der Waals surface area contributed by atoms with Gasteiger partial charge < -0.3 is 11.1 Å². The molecule has 0 saturated carbocycles. The fourth-order valence-electron chi connectivity index (χ4n) is 1.14. The van der Waals surface area contributed by atoms with Crippen molar-refractivity contribution in [3.63, 3.8) is 0 Å². The predicted molar refractivity (Wildman–Crippen MR) is 56.8 cm³/mol. The number of benzene rings is 1. The van der Waals surface area contributed by atoms with Crippen LogP contribution in [0.1, 0.15) is 0 Å². The lowest BCUT2D eigenvalue weighted by Gasteiger charge is -2.04. The Balaban J connectivity index is 2.26. The molecule has 2 aromatic rings. The zero-order valence-corrected chi connectivity index (χ0v) is 7.77. The van der Waals surface area contributed by atoms with Crippen molar-refractivity contribution in [3.8, 4) is 0 Å². The van der Waals surface area contributed by atoms with Crippen molar-refractivity contribution in [2.45, 2.75) is 0 Å². The summed E-state index contributed by atoms with van der Waals surface area (Å²) in [7, 11) is 0. The van der Waals surface area contributed by atoms with Crippen LogP contribution in [0, 0.1) is 0 Å². The molecule has 0 bridgehead atoms. The number of nitrogens with two attached hydrogens (primary N) is 1. The van der Waals surface area contributed by atoms with E-state index in [4.69, 9.17) is 5.73 Å². The maximum atomic E-state index is 10.9. The normalized spacial score (nSPS) is 9.87. The van der Waals surface area contributed by atoms with E-state index in [1.165, 1.54) is 6.20 Å². The fraction of sp³-hybridized carbons (Fsp3) is 0. The van der Waals surface area contributed by atoms with Gasteiger partial charge in [0.05, 0.1) is 6.20 Å². The summed E-state index contributed by atoms with van der Waals surface area (Å²) < 4.78 is 0. The summed E-state index contributed by atoms with van der Waals surface area (Å²) in [6.45, 7) is 0. The van der Waals surface area contributed by atoms with Crippen LogP contribution in [0.25, 0.3) is 0 Å². The monoisotopic (exact) mass is 203 g/mol. The summed E-state index contributed by atoms with van der Waals surface area (Å²) in [4.78, 5) is 14.5. The van der Waals surface area contributed by atoms with E-state index in [1.54, 1.807) is 18.2 Å². The lowest BCUT2D eigenvalue weighted by molar-refractivity contribution is 0.919. The van der Waals surface area contributed by atoms with Crippen LogP contribution in [0.2, 0.25) is 0 Å². The molecule has 0 aliphatic heterocycles. The van der Waals surface area contributed by atoms with Crippen LogP contribution in [-0.2, 0) is 0 Å². The summed E-state index contributed by atoms with van der Waals surface area (Å²) in [6, 6.07) is 7.13. The first-order valence-corrected chi connectivity index (χ1v) is 4.28. The Hall–Kier alpha value is -2.37. The van der Waals surface area contributed by atoms with Gasteiger partial charge in [0, 0.05) is 11.4 Å². The van der Waals surface area contributed by atoms with Crippen molar-refractivity contribution in [1.29, 1.82) is 0 Å². The molecule has 1 aromatic heterocycles. The zero-order valence-electron chi connectivity index (χ0n) is 7.77. The minimum absolute atomic E-state index is 0.379. The van der Waals surface area contributed by atoms with E-state index in [2.05, 4.69) is 20.5 Å². The van der Waals surface area contributed by atoms with Crippen LogP contribution < -0.4 is 16.7 Å². The summed E-state index contributed by atoms with van der Waals surface area (Å²) >= 11 is 0. The Morgan fingerprint density at radius 1 is 1.40 bits per heavy atom. The standard InChI is InChI=1S/C9H9N5O/c10-6-2-1-3-7(4-6)12-8-5-11-14-9(15)13-8/h1-5H,10H2,(H2,12,13,14,15). The molecule has 1 aromatic carbocycles. The van der Waals surface area contributed by atoms with Gasteiger partial charge in [-0.2, -0.15) is 10.1 Å². The van der Waals surface area contributed by atoms with Crippen molar-refractivity contribution in [2.75, 3.05) is 11.1 Å². The minimum Gasteiger partial charge on any atom is -0.399 e. The number of nitrogens with zero attached hydrogens (tertiary/aromatic N) is 2. The Bertz CT molecular complexity index is 522. The van der Waals surface area contributed by atoms with Crippen molar-refractivity contribution in [1.82, 2.24) is 15.2 Å². The Kier molecular flexibility index (Phi) is 2.32. The lowest BCUT2D eigenvalue weighted by Crippen LogP contribution is -2.13. The Labute approximate surface area is 85.2 Å². The van der Waals surface area contributed by atoms with Gasteiger partial charge in [-0.1, -0.05) is 6.07 Å². The molecule has 0 aliphatic rings. The molecule has 0 spiro atoms. The number of aromatic nitrogens is 3. The number of rotatable bonds is 2. The van der Waals surface area contributed by atoms with Crippen LogP contribution in [-0.4, -0.2) is 15.2 Å². The molecule has 0 saturated heterocycles. The van der Waals surface area contributed by atoms with E-state index < -0.39 is 5.69 Å². The number of nitrogens with one attached hydrogen (secondary N) is 2. The van der Waals surface area contributed by atoms with E-state index in [1.807, 2.05) is 6.07 Å². The zero-order chi connectivity index (χ0) is 10.7. The molecule has 6 heteroatoms. The van der Waals surface area contributed by atoms with Gasteiger partial charge in [0.2, 0.25) is 0 Å². The molecule has 4 N–H and O–H groups in total. The second-order valence-corrected chi connectivity index (χ2v) is 2.92. The topological polar surface area (TPSA) is 96.7 Å². The molecule has 0 unspecified atom stereocenters. The number of aromatic amines is 1. The van der Waals surface area contributed by atoms with E-state index in [9.17, 15) is 4.79 Å². The van der Waals surface area contributed by atoms with Crippen molar-refractivity contribution in [2.24, 2.45) is 0 Å². The molecule has 0 radical (unpaired) electrons. The van der Waals surface area contributed by atoms with Gasteiger partial charge in [-0.3, -0.25) is 0 Å². The van der Waals surface area contributed by atoms with Crippen molar-refractivity contribution in [3.05, 3.63) is 40.9 Å². The first-order chi connectivity index (χ1) is 7.24. The smallest absolute Gasteiger partial charge is 0.363 e. The summed E-state index contributed by atoms with van der Waals surface area (Å²) in [6.07, 6.45) is 1.42. The van der Waals surface area contributed by atoms with Crippen LogP contribution >= 0.6 is 0 Å². The molecular formula is C9H9N5O. The SMILES string of the molecule is Nc1cccc(Nc2cn[nH]c(=O)n2)c1. The van der Waals surface area contributed by atoms with Crippen LogP contribution in [0.3, 0.4) is 0 Å². The van der Waals surface area contributed by atoms with Gasteiger partial charge in [-0.15, -0.1) is 0 Å². The predicted octanol–water partition coefficient (Wildman–Crippen LogP) is 0.491. The molecule has 2 rings (SSSR count). The maximum Gasteiger partial charge on any atom is 0.363 e. The van der Waals surface area contributed by atoms with E-state index in [-0.39, 0.29) is 0 Å². The average molecular weight is 203 g/mol. The number of anilines is 3. The molecule has 0 fully saturated rings. The first kappa shape index (κ1) is 9.20. The second kappa shape index (κ2) is 3.79. The quantitative estimate of drug-likeness (QED) is 0.617. The summed E-state index contributed by atoms with van der Waals surface area (Å²) in [5, 5.41) is 8.71. The highest BCUT2D eigenvalue weighted by atomic mass is 16.1. The van der Waals surface area contributed by atoms with Crippen LogP contribution in [0.15, 0.2) is 35.3 Å². The number of H-pyrrole nitrogens is 1. The van der Waals surface area contributed by atoms with Gasteiger partial charge >= 0.3 is 5.69 Å².